The maximum Gasteiger partial charge on any atom is 0.216 e. The van der Waals surface area contributed by atoms with Crippen molar-refractivity contribution >= 4 is 15.8 Å². The molecule has 7 nitrogen and oxygen atoms in total. The fourth-order valence-electron chi connectivity index (χ4n) is 3.86. The summed E-state index contributed by atoms with van der Waals surface area (Å²) in [6, 6.07) is 3.39. The Bertz CT molecular complexity index is 837. The lowest BCUT2D eigenvalue weighted by Crippen LogP contribution is -2.52. The highest BCUT2D eigenvalue weighted by Crippen LogP contribution is 2.48. The Balaban J connectivity index is 1.60. The van der Waals surface area contributed by atoms with Crippen LogP contribution >= 0.6 is 0 Å². The van der Waals surface area contributed by atoms with Gasteiger partial charge in [0.15, 0.2) is 17.3 Å². The van der Waals surface area contributed by atoms with Crippen molar-refractivity contribution in [1.29, 1.82) is 0 Å². The zero-order valence-electron chi connectivity index (χ0n) is 15.0. The second-order valence-electron chi connectivity index (χ2n) is 7.21. The Hall–Kier alpha value is -1.80. The normalized spacial score (nSPS) is 22.6. The van der Waals surface area contributed by atoms with Gasteiger partial charge in [-0.3, -0.25) is 4.79 Å². The highest BCUT2D eigenvalue weighted by Gasteiger charge is 2.48. The summed E-state index contributed by atoms with van der Waals surface area (Å²) in [4.78, 5) is 12.7. The number of Topliss-reactive ketones (excluding diaryl/α,β-unsaturated/α-hetero) is 1. The summed E-state index contributed by atoms with van der Waals surface area (Å²) >= 11 is 0. The first-order valence-corrected chi connectivity index (χ1v) is 10.4. The number of carbonyl (C=O) groups is 1. The van der Waals surface area contributed by atoms with Crippen molar-refractivity contribution in [1.82, 2.24) is 4.31 Å². The van der Waals surface area contributed by atoms with Gasteiger partial charge < -0.3 is 14.2 Å². The van der Waals surface area contributed by atoms with Crippen molar-refractivity contribution < 1.29 is 27.4 Å². The van der Waals surface area contributed by atoms with E-state index in [1.54, 1.807) is 16.4 Å². The number of benzene rings is 1. The van der Waals surface area contributed by atoms with Crippen LogP contribution in [0, 0.1) is 0 Å². The summed E-state index contributed by atoms with van der Waals surface area (Å²) in [7, 11) is -0.148. The van der Waals surface area contributed by atoms with Crippen LogP contribution in [0.5, 0.6) is 17.2 Å². The van der Waals surface area contributed by atoms with Crippen LogP contribution in [0.1, 0.15) is 42.5 Å². The molecule has 0 N–H and O–H groups in total. The summed E-state index contributed by atoms with van der Waals surface area (Å²) in [6.07, 6.45) is 2.74. The van der Waals surface area contributed by atoms with E-state index in [2.05, 4.69) is 0 Å². The van der Waals surface area contributed by atoms with Gasteiger partial charge in [0.05, 0.1) is 31.5 Å². The molecule has 0 bridgehead atoms. The third-order valence-corrected chi connectivity index (χ3v) is 7.94. The largest absolute Gasteiger partial charge is 0.493 e. The molecular weight excluding hydrogens is 358 g/mol. The molecule has 1 aromatic carbocycles. The van der Waals surface area contributed by atoms with E-state index < -0.39 is 15.6 Å². The molecule has 2 aliphatic heterocycles. The van der Waals surface area contributed by atoms with Gasteiger partial charge in [-0.05, 0) is 25.0 Å². The van der Waals surface area contributed by atoms with Crippen molar-refractivity contribution in [2.75, 3.05) is 27.3 Å². The molecule has 142 valence electrons. The van der Waals surface area contributed by atoms with Crippen molar-refractivity contribution in [3.8, 4) is 17.2 Å². The maximum absolute atomic E-state index is 12.7. The molecule has 2 heterocycles. The molecule has 0 radical (unpaired) electrons. The number of rotatable bonds is 4. The smallest absolute Gasteiger partial charge is 0.216 e. The average molecular weight is 381 g/mol. The van der Waals surface area contributed by atoms with Gasteiger partial charge >= 0.3 is 0 Å². The number of ether oxygens (including phenoxy) is 3. The van der Waals surface area contributed by atoms with Gasteiger partial charge in [0, 0.05) is 25.9 Å². The number of ketones is 1. The van der Waals surface area contributed by atoms with E-state index in [0.717, 1.165) is 12.8 Å². The molecule has 0 atom stereocenters. The average Bonchev–Trinajstić information content (AvgIpc) is 3.46. The molecule has 4 rings (SSSR count). The molecule has 26 heavy (non-hydrogen) atoms. The molecule has 1 aromatic rings. The van der Waals surface area contributed by atoms with Gasteiger partial charge in [0.25, 0.3) is 0 Å². The van der Waals surface area contributed by atoms with Crippen molar-refractivity contribution in [3.05, 3.63) is 17.7 Å². The van der Waals surface area contributed by atoms with E-state index in [9.17, 15) is 13.2 Å². The van der Waals surface area contributed by atoms with Crippen molar-refractivity contribution in [3.63, 3.8) is 0 Å². The Morgan fingerprint density at radius 2 is 1.85 bits per heavy atom. The first-order chi connectivity index (χ1) is 12.4. The number of methoxy groups -OCH3 is 2. The summed E-state index contributed by atoms with van der Waals surface area (Å²) < 4.78 is 43.5. The van der Waals surface area contributed by atoms with E-state index >= 15 is 0 Å². The van der Waals surface area contributed by atoms with Gasteiger partial charge in [0.1, 0.15) is 5.60 Å². The van der Waals surface area contributed by atoms with E-state index in [1.807, 2.05) is 0 Å². The van der Waals surface area contributed by atoms with Crippen LogP contribution in [-0.4, -0.2) is 56.7 Å². The second kappa shape index (κ2) is 6.13. The minimum absolute atomic E-state index is 0.00861. The number of hydrogen-bond donors (Lipinski definition) is 0. The molecule has 1 saturated carbocycles. The molecule has 2 fully saturated rings. The molecule has 3 aliphatic rings. The number of fused-ring (bicyclic) bond motifs is 1. The van der Waals surface area contributed by atoms with E-state index in [4.69, 9.17) is 14.2 Å². The van der Waals surface area contributed by atoms with Crippen LogP contribution in [0.15, 0.2) is 12.1 Å². The number of nitrogens with zero attached hydrogens (tertiary/aromatic N) is 1. The quantitative estimate of drug-likeness (QED) is 0.793. The lowest BCUT2D eigenvalue weighted by atomic mass is 9.83. The number of hydrogen-bond acceptors (Lipinski definition) is 6. The summed E-state index contributed by atoms with van der Waals surface area (Å²) in [5.74, 6) is 1.31. The van der Waals surface area contributed by atoms with Crippen LogP contribution < -0.4 is 14.2 Å². The van der Waals surface area contributed by atoms with Gasteiger partial charge in [0.2, 0.25) is 15.8 Å². The van der Waals surface area contributed by atoms with Crippen LogP contribution in [0.2, 0.25) is 0 Å². The standard InChI is InChI=1S/C18H23NO6S/c1-23-15-6-5-13-14(20)11-18(25-16(13)17(15)24-2)7-9-19(10-8-18)26(21,22)12-3-4-12/h5-6,12H,3-4,7-11H2,1-2H3. The van der Waals surface area contributed by atoms with Gasteiger partial charge in [-0.2, -0.15) is 0 Å². The zero-order valence-corrected chi connectivity index (χ0v) is 15.8. The Kier molecular flexibility index (Phi) is 4.15. The van der Waals surface area contributed by atoms with Crippen molar-refractivity contribution in [2.24, 2.45) is 0 Å². The molecule has 1 saturated heterocycles. The summed E-state index contributed by atoms with van der Waals surface area (Å²) in [5.41, 5.74) is -0.194. The van der Waals surface area contributed by atoms with Crippen LogP contribution in [0.4, 0.5) is 0 Å². The monoisotopic (exact) mass is 381 g/mol. The van der Waals surface area contributed by atoms with Crippen LogP contribution in [0.3, 0.4) is 0 Å². The van der Waals surface area contributed by atoms with Crippen LogP contribution in [-0.2, 0) is 10.0 Å². The fraction of sp³-hybridized carbons (Fsp3) is 0.611. The summed E-state index contributed by atoms with van der Waals surface area (Å²) in [6.45, 7) is 0.765. The zero-order chi connectivity index (χ0) is 18.5. The molecule has 0 aromatic heterocycles. The SMILES string of the molecule is COc1ccc2c(c1OC)OC1(CCN(S(=O)(=O)C3CC3)CC1)CC2=O. The van der Waals surface area contributed by atoms with Gasteiger partial charge in [-0.25, -0.2) is 12.7 Å². The van der Waals surface area contributed by atoms with Crippen LogP contribution in [0.25, 0.3) is 0 Å². The highest BCUT2D eigenvalue weighted by molar-refractivity contribution is 7.90. The number of carbonyl (C=O) groups excluding carboxylic acids is 1. The van der Waals surface area contributed by atoms with Crippen molar-refractivity contribution in [2.45, 2.75) is 43.0 Å². The second-order valence-corrected chi connectivity index (χ2v) is 9.42. The lowest BCUT2D eigenvalue weighted by molar-refractivity contribution is 0.00373. The molecule has 0 amide bonds. The number of piperidine rings is 1. The number of sulfonamides is 1. The lowest BCUT2D eigenvalue weighted by Gasteiger charge is -2.43. The topological polar surface area (TPSA) is 82.1 Å². The van der Waals surface area contributed by atoms with Gasteiger partial charge in [-0.15, -0.1) is 0 Å². The maximum atomic E-state index is 12.7. The Labute approximate surface area is 153 Å². The molecule has 1 aliphatic carbocycles. The first kappa shape index (κ1) is 17.6. The van der Waals surface area contributed by atoms with E-state index in [1.165, 1.54) is 14.2 Å². The first-order valence-electron chi connectivity index (χ1n) is 8.86. The third kappa shape index (κ3) is 2.75. The minimum Gasteiger partial charge on any atom is -0.493 e. The predicted octanol–water partition coefficient (Wildman–Crippen LogP) is 2.00. The molecule has 1 spiro atoms. The molecular formula is C18H23NO6S. The molecule has 8 heteroatoms. The predicted molar refractivity (Wildman–Crippen MR) is 94.6 cm³/mol. The minimum atomic E-state index is -3.19. The Morgan fingerprint density at radius 1 is 1.15 bits per heavy atom. The van der Waals surface area contributed by atoms with Gasteiger partial charge in [-0.1, -0.05) is 0 Å². The summed E-state index contributed by atoms with van der Waals surface area (Å²) in [5, 5.41) is -0.212. The highest BCUT2D eigenvalue weighted by atomic mass is 32.2. The van der Waals surface area contributed by atoms with E-state index in [-0.39, 0.29) is 17.5 Å². The molecule has 0 unspecified atom stereocenters. The fourth-order valence-corrected chi connectivity index (χ4v) is 5.71. The third-order valence-electron chi connectivity index (χ3n) is 5.54. The van der Waals surface area contributed by atoms with E-state index in [0.29, 0.717) is 48.7 Å². The Morgan fingerprint density at radius 3 is 2.42 bits per heavy atom.